The van der Waals surface area contributed by atoms with Crippen LogP contribution in [-0.4, -0.2) is 30.9 Å². The van der Waals surface area contributed by atoms with Crippen LogP contribution in [0.15, 0.2) is 66.7 Å². The van der Waals surface area contributed by atoms with Gasteiger partial charge < -0.3 is 10.1 Å². The van der Waals surface area contributed by atoms with E-state index in [0.29, 0.717) is 5.56 Å². The molecule has 0 atom stereocenters. The number of benzene rings is 3. The molecule has 0 aliphatic rings. The van der Waals surface area contributed by atoms with E-state index in [0.717, 1.165) is 29.0 Å². The topological polar surface area (TPSA) is 96.5 Å². The maximum Gasteiger partial charge on any atom is 0.416 e. The Balaban J connectivity index is 1.41. The molecule has 10 heteroatoms. The van der Waals surface area contributed by atoms with Gasteiger partial charge in [0.2, 0.25) is 0 Å². The van der Waals surface area contributed by atoms with E-state index in [4.69, 9.17) is 4.74 Å². The Morgan fingerprint density at radius 2 is 1.53 bits per heavy atom. The van der Waals surface area contributed by atoms with Gasteiger partial charge in [0.15, 0.2) is 6.61 Å². The summed E-state index contributed by atoms with van der Waals surface area (Å²) in [5.41, 5.74) is 3.58. The molecule has 7 nitrogen and oxygen atoms in total. The van der Waals surface area contributed by atoms with Crippen LogP contribution < -0.4 is 20.9 Å². The third kappa shape index (κ3) is 6.21. The van der Waals surface area contributed by atoms with E-state index in [9.17, 15) is 27.6 Å². The fourth-order valence-electron chi connectivity index (χ4n) is 2.72. The van der Waals surface area contributed by atoms with E-state index >= 15 is 0 Å². The van der Waals surface area contributed by atoms with E-state index in [1.54, 1.807) is 18.2 Å². The Labute approximate surface area is 180 Å². The van der Waals surface area contributed by atoms with Crippen molar-refractivity contribution in [1.82, 2.24) is 16.2 Å². The molecule has 0 bridgehead atoms. The van der Waals surface area contributed by atoms with Gasteiger partial charge in [0.25, 0.3) is 17.7 Å². The van der Waals surface area contributed by atoms with E-state index in [1.807, 2.05) is 29.7 Å². The molecule has 3 amide bonds. The smallest absolute Gasteiger partial charge is 0.416 e. The molecule has 0 heterocycles. The predicted octanol–water partition coefficient (Wildman–Crippen LogP) is 2.81. The van der Waals surface area contributed by atoms with E-state index in [2.05, 4.69) is 10.7 Å². The number of hydrazine groups is 1. The number of ether oxygens (including phenoxy) is 1. The number of rotatable bonds is 6. The summed E-state index contributed by atoms with van der Waals surface area (Å²) in [7, 11) is 0. The fourth-order valence-corrected chi connectivity index (χ4v) is 2.72. The summed E-state index contributed by atoms with van der Waals surface area (Å²) in [6.07, 6.45) is -4.53. The zero-order valence-corrected chi connectivity index (χ0v) is 16.5. The lowest BCUT2D eigenvalue weighted by Gasteiger charge is -2.11. The zero-order chi connectivity index (χ0) is 23.1. The minimum absolute atomic E-state index is 0.149. The first-order chi connectivity index (χ1) is 15.2. The summed E-state index contributed by atoms with van der Waals surface area (Å²) in [5.74, 6) is -2.11. The lowest BCUT2D eigenvalue weighted by atomic mass is 10.1. The average Bonchev–Trinajstić information content (AvgIpc) is 2.79. The third-order valence-corrected chi connectivity index (χ3v) is 4.29. The normalized spacial score (nSPS) is 11.0. The van der Waals surface area contributed by atoms with Crippen molar-refractivity contribution in [2.45, 2.75) is 6.18 Å². The minimum atomic E-state index is -4.53. The molecule has 3 aromatic carbocycles. The van der Waals surface area contributed by atoms with Crippen LogP contribution in [0.4, 0.5) is 13.2 Å². The lowest BCUT2D eigenvalue weighted by molar-refractivity contribution is -0.137. The van der Waals surface area contributed by atoms with Crippen molar-refractivity contribution >= 4 is 28.5 Å². The number of hydrogen-bond acceptors (Lipinski definition) is 4. The fraction of sp³-hybridized carbons (Fsp3) is 0.136. The van der Waals surface area contributed by atoms with E-state index < -0.39 is 42.6 Å². The first-order valence-corrected chi connectivity index (χ1v) is 9.37. The number of hydrogen-bond donors (Lipinski definition) is 3. The maximum atomic E-state index is 12.7. The van der Waals surface area contributed by atoms with Gasteiger partial charge in [-0.05, 0) is 41.1 Å². The number of amides is 3. The monoisotopic (exact) mass is 445 g/mol. The lowest BCUT2D eigenvalue weighted by Crippen LogP contribution is -2.47. The van der Waals surface area contributed by atoms with Gasteiger partial charge in [0, 0.05) is 5.56 Å². The summed E-state index contributed by atoms with van der Waals surface area (Å²) in [6, 6.07) is 16.6. The Morgan fingerprint density at radius 3 is 2.28 bits per heavy atom. The molecule has 0 radical (unpaired) electrons. The highest BCUT2D eigenvalue weighted by molar-refractivity contribution is 6.00. The highest BCUT2D eigenvalue weighted by atomic mass is 19.4. The van der Waals surface area contributed by atoms with Gasteiger partial charge in [-0.15, -0.1) is 0 Å². The van der Waals surface area contributed by atoms with E-state index in [1.165, 1.54) is 6.07 Å². The molecular weight excluding hydrogens is 427 g/mol. The molecule has 0 unspecified atom stereocenters. The van der Waals surface area contributed by atoms with Crippen LogP contribution in [0.3, 0.4) is 0 Å². The van der Waals surface area contributed by atoms with Crippen LogP contribution in [0.25, 0.3) is 10.8 Å². The van der Waals surface area contributed by atoms with Crippen LogP contribution >= 0.6 is 0 Å². The highest BCUT2D eigenvalue weighted by Gasteiger charge is 2.30. The van der Waals surface area contributed by atoms with E-state index in [-0.39, 0.29) is 5.75 Å². The van der Waals surface area contributed by atoms with Gasteiger partial charge in [-0.25, -0.2) is 0 Å². The Bertz CT molecular complexity index is 1150. The van der Waals surface area contributed by atoms with Crippen LogP contribution in [0.5, 0.6) is 5.75 Å². The Kier molecular flexibility index (Phi) is 6.93. The maximum absolute atomic E-state index is 12.7. The second-order valence-corrected chi connectivity index (χ2v) is 6.66. The summed E-state index contributed by atoms with van der Waals surface area (Å²) >= 11 is 0. The van der Waals surface area contributed by atoms with Crippen molar-refractivity contribution in [3.8, 4) is 5.75 Å². The number of carbonyl (C=O) groups is 3. The Hall–Kier alpha value is -4.08. The average molecular weight is 445 g/mol. The van der Waals surface area contributed by atoms with Gasteiger partial charge in [-0.2, -0.15) is 13.2 Å². The van der Waals surface area contributed by atoms with Gasteiger partial charge >= 0.3 is 6.18 Å². The molecule has 3 N–H and O–H groups in total. The number of carbonyl (C=O) groups excluding carboxylic acids is 3. The molecule has 0 saturated carbocycles. The van der Waals surface area contributed by atoms with Crippen LogP contribution in [0.1, 0.15) is 15.9 Å². The summed E-state index contributed by atoms with van der Waals surface area (Å²) in [6.45, 7) is -1.02. The molecule has 0 saturated heterocycles. The molecule has 0 aliphatic heterocycles. The van der Waals surface area contributed by atoms with Crippen molar-refractivity contribution < 1.29 is 32.3 Å². The number of fused-ring (bicyclic) bond motifs is 1. The van der Waals surface area contributed by atoms with Gasteiger partial charge in [0.05, 0.1) is 12.1 Å². The number of halogens is 3. The van der Waals surface area contributed by atoms with Crippen molar-refractivity contribution in [3.63, 3.8) is 0 Å². The second-order valence-electron chi connectivity index (χ2n) is 6.66. The van der Waals surface area contributed by atoms with Crippen molar-refractivity contribution in [3.05, 3.63) is 77.9 Å². The molecule has 32 heavy (non-hydrogen) atoms. The SMILES string of the molecule is O=C(CNC(=O)c1ccc2ccccc2c1)NNC(=O)COc1cccc(C(F)(F)F)c1. The summed E-state index contributed by atoms with van der Waals surface area (Å²) in [5, 5.41) is 4.27. The molecule has 0 aromatic heterocycles. The molecule has 0 fully saturated rings. The van der Waals surface area contributed by atoms with Gasteiger partial charge in [-0.3, -0.25) is 25.2 Å². The summed E-state index contributed by atoms with van der Waals surface area (Å²) < 4.78 is 43.0. The molecular formula is C22H18F3N3O4. The molecule has 166 valence electrons. The van der Waals surface area contributed by atoms with Crippen molar-refractivity contribution in [2.24, 2.45) is 0 Å². The second kappa shape index (κ2) is 9.82. The number of nitrogens with one attached hydrogen (secondary N) is 3. The van der Waals surface area contributed by atoms with Crippen molar-refractivity contribution in [2.75, 3.05) is 13.2 Å². The quantitative estimate of drug-likeness (QED) is 0.509. The molecule has 0 aliphatic carbocycles. The number of alkyl halides is 3. The van der Waals surface area contributed by atoms with Crippen LogP contribution in [0, 0.1) is 0 Å². The van der Waals surface area contributed by atoms with Crippen LogP contribution in [-0.2, 0) is 15.8 Å². The van der Waals surface area contributed by atoms with Crippen LogP contribution in [0.2, 0.25) is 0 Å². The first kappa shape index (κ1) is 22.6. The minimum Gasteiger partial charge on any atom is -0.484 e. The summed E-state index contributed by atoms with van der Waals surface area (Å²) in [4.78, 5) is 35.8. The first-order valence-electron chi connectivity index (χ1n) is 9.37. The van der Waals surface area contributed by atoms with Crippen molar-refractivity contribution in [1.29, 1.82) is 0 Å². The van der Waals surface area contributed by atoms with Gasteiger partial charge in [-0.1, -0.05) is 36.4 Å². The predicted molar refractivity (Wildman–Crippen MR) is 110 cm³/mol. The van der Waals surface area contributed by atoms with Gasteiger partial charge in [0.1, 0.15) is 5.75 Å². The zero-order valence-electron chi connectivity index (χ0n) is 16.5. The highest BCUT2D eigenvalue weighted by Crippen LogP contribution is 2.31. The molecule has 3 aromatic rings. The molecule has 0 spiro atoms. The Morgan fingerprint density at radius 1 is 0.812 bits per heavy atom. The largest absolute Gasteiger partial charge is 0.484 e. The molecule has 3 rings (SSSR count). The third-order valence-electron chi connectivity index (χ3n) is 4.29. The standard InChI is InChI=1S/C22H18F3N3O4/c23-22(24,25)17-6-3-7-18(11-17)32-13-20(30)28-27-19(29)12-26-21(31)16-9-8-14-4-1-2-5-15(14)10-16/h1-11H,12-13H2,(H,26,31)(H,27,29)(H,28,30).